The van der Waals surface area contributed by atoms with Crippen molar-refractivity contribution in [2.75, 3.05) is 6.61 Å². The Labute approximate surface area is 187 Å². The molecule has 1 heterocycles. The molecule has 0 radical (unpaired) electrons. The molecule has 5 N–H and O–H groups in total. The molecule has 1 atom stereocenters. The van der Waals surface area contributed by atoms with Crippen LogP contribution in [0.5, 0.6) is 0 Å². The maximum atomic E-state index is 9.55. The van der Waals surface area contributed by atoms with Gasteiger partial charge < -0.3 is 21.1 Å². The van der Waals surface area contributed by atoms with Crippen LogP contribution in [0.15, 0.2) is 60.7 Å². The van der Waals surface area contributed by atoms with Crippen LogP contribution < -0.4 is 5.73 Å². The molecule has 0 saturated carbocycles. The fourth-order valence-electron chi connectivity index (χ4n) is 2.52. The van der Waals surface area contributed by atoms with Gasteiger partial charge in [0.2, 0.25) is 0 Å². The summed E-state index contributed by atoms with van der Waals surface area (Å²) in [4.78, 5) is 21.7. The Morgan fingerprint density at radius 1 is 1.03 bits per heavy atom. The first kappa shape index (κ1) is 26.3. The number of carboxylic acid groups (broad SMARTS) is 2. The summed E-state index contributed by atoms with van der Waals surface area (Å²) in [5.41, 5.74) is 6.91. The topological polar surface area (TPSA) is 121 Å². The van der Waals surface area contributed by atoms with E-state index in [2.05, 4.69) is 54.6 Å². The van der Waals surface area contributed by atoms with Gasteiger partial charge in [-0.15, -0.1) is 11.3 Å². The Bertz CT molecular complexity index is 840. The zero-order valence-corrected chi connectivity index (χ0v) is 18.6. The predicted octanol–water partition coefficient (Wildman–Crippen LogP) is 4.14. The lowest BCUT2D eigenvalue weighted by molar-refractivity contribution is -0.134. The molecule has 0 aliphatic rings. The molecule has 0 aliphatic carbocycles. The van der Waals surface area contributed by atoms with Crippen molar-refractivity contribution >= 4 is 29.4 Å². The number of aliphatic carboxylic acids is 2. The highest BCUT2D eigenvalue weighted by molar-refractivity contribution is 7.12. The van der Waals surface area contributed by atoms with Gasteiger partial charge in [0.1, 0.15) is 0 Å². The number of aliphatic hydroxyl groups is 1. The smallest absolute Gasteiger partial charge is 0.328 e. The zero-order chi connectivity index (χ0) is 23.1. The van der Waals surface area contributed by atoms with Crippen LogP contribution >= 0.6 is 11.3 Å². The van der Waals surface area contributed by atoms with E-state index in [1.165, 1.54) is 21.7 Å². The number of carbonyl (C=O) groups is 2. The number of allylic oxidation sites excluding steroid dienone is 1. The minimum atomic E-state index is -1.26. The molecule has 0 amide bonds. The minimum Gasteiger partial charge on any atom is -0.478 e. The van der Waals surface area contributed by atoms with E-state index in [9.17, 15) is 14.7 Å². The van der Waals surface area contributed by atoms with E-state index in [0.29, 0.717) is 12.2 Å². The van der Waals surface area contributed by atoms with Gasteiger partial charge >= 0.3 is 11.9 Å². The molecule has 1 aromatic carbocycles. The van der Waals surface area contributed by atoms with Crippen LogP contribution in [0, 0.1) is 0 Å². The van der Waals surface area contributed by atoms with Gasteiger partial charge in [-0.25, -0.2) is 9.59 Å². The summed E-state index contributed by atoms with van der Waals surface area (Å²) in [6.45, 7) is 1.93. The van der Waals surface area contributed by atoms with Crippen LogP contribution in [0.1, 0.15) is 41.5 Å². The van der Waals surface area contributed by atoms with E-state index in [0.717, 1.165) is 25.7 Å². The van der Waals surface area contributed by atoms with E-state index in [4.69, 9.17) is 15.9 Å². The zero-order valence-electron chi connectivity index (χ0n) is 17.7. The standard InChI is InChI=1S/C20H27NOS.C4H4O4/c1-20(21,16-22)15-14-19-13-12-18(23-19)11-7-3-6-10-17-8-4-2-5-9-17;5-3(6)1-2-4(7)8/h2,4-5,7-9,11-13,22H,3,6,10,14-16,21H2,1H3;1-2H,(H,5,6)(H,7,8). The largest absolute Gasteiger partial charge is 0.478 e. The molecular weight excluding hydrogens is 414 g/mol. The number of unbranched alkanes of at least 4 members (excludes halogenated alkanes) is 1. The first-order chi connectivity index (χ1) is 14.7. The average Bonchev–Trinajstić information content (AvgIpc) is 3.20. The van der Waals surface area contributed by atoms with Gasteiger partial charge in [0.15, 0.2) is 0 Å². The van der Waals surface area contributed by atoms with Gasteiger partial charge in [-0.05, 0) is 62.8 Å². The number of hydrogen-bond donors (Lipinski definition) is 4. The summed E-state index contributed by atoms with van der Waals surface area (Å²) >= 11 is 1.81. The molecular formula is C24H31NO5S. The molecule has 2 aromatic rings. The van der Waals surface area contributed by atoms with Crippen LogP contribution in [0.4, 0.5) is 0 Å². The van der Waals surface area contributed by atoms with Crippen LogP contribution in [-0.4, -0.2) is 39.4 Å². The molecule has 168 valence electrons. The van der Waals surface area contributed by atoms with Crippen LogP contribution in [-0.2, 0) is 22.4 Å². The van der Waals surface area contributed by atoms with E-state index in [1.54, 1.807) is 0 Å². The molecule has 0 fully saturated rings. The van der Waals surface area contributed by atoms with E-state index >= 15 is 0 Å². The molecule has 31 heavy (non-hydrogen) atoms. The van der Waals surface area contributed by atoms with E-state index in [-0.39, 0.29) is 6.61 Å². The summed E-state index contributed by atoms with van der Waals surface area (Å²) in [7, 11) is 0. The highest BCUT2D eigenvalue weighted by Crippen LogP contribution is 2.21. The monoisotopic (exact) mass is 445 g/mol. The lowest BCUT2D eigenvalue weighted by Crippen LogP contribution is -2.40. The number of aliphatic hydroxyl groups excluding tert-OH is 1. The lowest BCUT2D eigenvalue weighted by atomic mass is 9.98. The number of benzene rings is 1. The van der Waals surface area contributed by atoms with Gasteiger partial charge in [-0.3, -0.25) is 0 Å². The number of hydrogen-bond acceptors (Lipinski definition) is 5. The highest BCUT2D eigenvalue weighted by atomic mass is 32.1. The van der Waals surface area contributed by atoms with Gasteiger partial charge in [0.05, 0.1) is 6.61 Å². The number of nitrogens with two attached hydrogens (primary N) is 1. The molecule has 0 saturated heterocycles. The fourth-order valence-corrected chi connectivity index (χ4v) is 3.46. The van der Waals surface area contributed by atoms with Crippen molar-refractivity contribution in [2.24, 2.45) is 5.73 Å². The Morgan fingerprint density at radius 3 is 2.26 bits per heavy atom. The second-order valence-electron chi connectivity index (χ2n) is 7.41. The first-order valence-electron chi connectivity index (χ1n) is 10.0. The minimum absolute atomic E-state index is 0.0343. The second-order valence-corrected chi connectivity index (χ2v) is 8.61. The van der Waals surface area contributed by atoms with Crippen molar-refractivity contribution in [3.63, 3.8) is 0 Å². The molecule has 0 spiro atoms. The third-order valence-corrected chi connectivity index (χ3v) is 5.43. The highest BCUT2D eigenvalue weighted by Gasteiger charge is 2.16. The molecule has 2 rings (SSSR count). The van der Waals surface area contributed by atoms with E-state index < -0.39 is 17.5 Å². The van der Waals surface area contributed by atoms with Crippen molar-refractivity contribution < 1.29 is 24.9 Å². The Kier molecular flexibility index (Phi) is 12.1. The Balaban J connectivity index is 0.000000512. The summed E-state index contributed by atoms with van der Waals surface area (Å²) in [5.74, 6) is -2.51. The summed E-state index contributed by atoms with van der Waals surface area (Å²) in [5, 5.41) is 24.8. The van der Waals surface area contributed by atoms with Gasteiger partial charge in [-0.2, -0.15) is 0 Å². The average molecular weight is 446 g/mol. The summed E-state index contributed by atoms with van der Waals surface area (Å²) in [6.07, 6.45) is 10.8. The SMILES string of the molecule is CC(N)(CO)CCc1ccc(C=CCCCc2ccccc2)s1.O=C(O)C=CC(=O)O. The van der Waals surface area contributed by atoms with Crippen LogP contribution in [0.3, 0.4) is 0 Å². The third kappa shape index (κ3) is 13.2. The maximum Gasteiger partial charge on any atom is 0.328 e. The number of carboxylic acids is 2. The predicted molar refractivity (Wildman–Crippen MR) is 125 cm³/mol. The van der Waals surface area contributed by atoms with Gasteiger partial charge in [-0.1, -0.05) is 36.4 Å². The van der Waals surface area contributed by atoms with Crippen LogP contribution in [0.2, 0.25) is 0 Å². The van der Waals surface area contributed by atoms with Gasteiger partial charge in [0, 0.05) is 27.4 Å². The molecule has 7 heteroatoms. The second kappa shape index (κ2) is 14.3. The lowest BCUT2D eigenvalue weighted by Gasteiger charge is -2.20. The molecule has 1 unspecified atom stereocenters. The van der Waals surface area contributed by atoms with Crippen molar-refractivity contribution in [2.45, 2.75) is 44.6 Å². The van der Waals surface area contributed by atoms with Gasteiger partial charge in [0.25, 0.3) is 0 Å². The number of thiophene rings is 1. The fraction of sp³-hybridized carbons (Fsp3) is 0.333. The quantitative estimate of drug-likeness (QED) is 0.305. The normalized spacial score (nSPS) is 13.0. The molecule has 0 bridgehead atoms. The summed E-state index contributed by atoms with van der Waals surface area (Å²) < 4.78 is 0. The third-order valence-electron chi connectivity index (χ3n) is 4.32. The molecule has 0 aliphatic heterocycles. The van der Waals surface area contributed by atoms with Crippen molar-refractivity contribution in [3.05, 3.63) is 76.0 Å². The molecule has 1 aromatic heterocycles. The Hall–Kier alpha value is -2.74. The van der Waals surface area contributed by atoms with Crippen molar-refractivity contribution in [3.8, 4) is 0 Å². The number of aryl methyl sites for hydroxylation is 2. The maximum absolute atomic E-state index is 9.55. The first-order valence-corrected chi connectivity index (χ1v) is 10.9. The summed E-state index contributed by atoms with van der Waals surface area (Å²) in [6, 6.07) is 15.0. The number of rotatable bonds is 11. The van der Waals surface area contributed by atoms with E-state index in [1.807, 2.05) is 18.3 Å². The molecule has 6 nitrogen and oxygen atoms in total. The Morgan fingerprint density at radius 2 is 1.68 bits per heavy atom. The van der Waals surface area contributed by atoms with Crippen molar-refractivity contribution in [1.82, 2.24) is 0 Å². The van der Waals surface area contributed by atoms with Crippen molar-refractivity contribution in [1.29, 1.82) is 0 Å². The van der Waals surface area contributed by atoms with Crippen LogP contribution in [0.25, 0.3) is 6.08 Å².